The Kier molecular flexibility index (Phi) is 7.62. The molecule has 2 heterocycles. The second-order valence-corrected chi connectivity index (χ2v) is 5.44. The quantitative estimate of drug-likeness (QED) is 0.803. The third kappa shape index (κ3) is 3.95. The Morgan fingerprint density at radius 3 is 2.33 bits per heavy atom. The Morgan fingerprint density at radius 2 is 1.79 bits per heavy atom. The Morgan fingerprint density at radius 1 is 1.21 bits per heavy atom. The molecule has 0 spiro atoms. The molecule has 3 N–H and O–H groups in total. The summed E-state index contributed by atoms with van der Waals surface area (Å²) in [5.41, 5.74) is 5.44. The van der Waals surface area contributed by atoms with Gasteiger partial charge < -0.3 is 11.1 Å². The van der Waals surface area contributed by atoms with Crippen molar-refractivity contribution in [2.75, 3.05) is 5.32 Å². The highest BCUT2D eigenvalue weighted by Crippen LogP contribution is 2.13. The summed E-state index contributed by atoms with van der Waals surface area (Å²) in [7, 11) is 2.93. The van der Waals surface area contributed by atoms with Crippen LogP contribution in [-0.2, 0) is 18.9 Å². The molecule has 8 nitrogen and oxygen atoms in total. The van der Waals surface area contributed by atoms with Crippen LogP contribution in [0.4, 0.5) is 5.69 Å². The summed E-state index contributed by atoms with van der Waals surface area (Å²) in [5, 5.41) is 2.94. The average Bonchev–Trinajstić information content (AvgIpc) is 2.49. The number of hydrogen-bond donors (Lipinski definition) is 2. The number of hydrogen-bond acceptors (Lipinski definition) is 5. The minimum absolute atomic E-state index is 0. The lowest BCUT2D eigenvalue weighted by atomic mass is 10.0. The Bertz CT molecular complexity index is 860. The number of anilines is 1. The minimum atomic E-state index is -0.457. The van der Waals surface area contributed by atoms with Gasteiger partial charge in [0, 0.05) is 20.1 Å². The zero-order valence-corrected chi connectivity index (χ0v) is 15.4. The summed E-state index contributed by atoms with van der Waals surface area (Å²) in [6.45, 7) is 3.46. The monoisotopic (exact) mass is 377 g/mol. The molecule has 0 saturated carbocycles. The molecule has 2 atom stereocenters. The van der Waals surface area contributed by atoms with E-state index in [4.69, 9.17) is 5.73 Å². The number of aryl methyl sites for hydroxylation is 1. The van der Waals surface area contributed by atoms with Crippen molar-refractivity contribution < 1.29 is 4.79 Å². The van der Waals surface area contributed by atoms with Crippen LogP contribution in [0.2, 0.25) is 0 Å². The van der Waals surface area contributed by atoms with Crippen LogP contribution in [-0.4, -0.2) is 26.1 Å². The van der Waals surface area contributed by atoms with E-state index in [1.54, 1.807) is 13.8 Å². The fraction of sp³-hybridized carbons (Fsp3) is 0.429. The van der Waals surface area contributed by atoms with E-state index >= 15 is 0 Å². The molecule has 24 heavy (non-hydrogen) atoms. The molecule has 0 fully saturated rings. The highest BCUT2D eigenvalue weighted by molar-refractivity contribution is 5.94. The summed E-state index contributed by atoms with van der Waals surface area (Å²) in [6, 6.07) is 1.22. The van der Waals surface area contributed by atoms with Crippen LogP contribution in [0, 0.1) is 5.92 Å². The molecule has 2 unspecified atom stereocenters. The SMILES string of the molecule is CC(N)C(C)C(=O)Nc1cnc2c(c1)c(=O)n(C)c(=O)n2C.Cl.Cl. The van der Waals surface area contributed by atoms with Crippen molar-refractivity contribution in [3.05, 3.63) is 33.1 Å². The number of nitrogens with zero attached hydrogens (tertiary/aromatic N) is 3. The fourth-order valence-electron chi connectivity index (χ4n) is 2.03. The number of carbonyl (C=O) groups is 1. The standard InChI is InChI=1S/C14H19N5O3.2ClH/c1-7(8(2)15)12(20)17-9-5-10-11(16-6-9)18(3)14(22)19(4)13(10)21;;/h5-8H,15H2,1-4H3,(H,17,20);2*1H. The lowest BCUT2D eigenvalue weighted by Crippen LogP contribution is -2.37. The highest BCUT2D eigenvalue weighted by Gasteiger charge is 2.18. The number of fused-ring (bicyclic) bond motifs is 1. The van der Waals surface area contributed by atoms with Gasteiger partial charge in [-0.15, -0.1) is 24.8 Å². The van der Waals surface area contributed by atoms with Crippen LogP contribution in [0.15, 0.2) is 21.9 Å². The average molecular weight is 378 g/mol. The lowest BCUT2D eigenvalue weighted by molar-refractivity contribution is -0.119. The summed E-state index contributed by atoms with van der Waals surface area (Å²) in [5.74, 6) is -0.628. The van der Waals surface area contributed by atoms with E-state index in [9.17, 15) is 14.4 Å². The lowest BCUT2D eigenvalue weighted by Gasteiger charge is -2.15. The zero-order chi connectivity index (χ0) is 16.6. The second-order valence-electron chi connectivity index (χ2n) is 5.44. The van der Waals surface area contributed by atoms with Gasteiger partial charge in [0.05, 0.1) is 23.2 Å². The molecule has 10 heteroatoms. The molecule has 2 aromatic rings. The van der Waals surface area contributed by atoms with Crippen LogP contribution >= 0.6 is 24.8 Å². The predicted molar refractivity (Wildman–Crippen MR) is 98.2 cm³/mol. The van der Waals surface area contributed by atoms with Gasteiger partial charge in [-0.2, -0.15) is 0 Å². The maximum Gasteiger partial charge on any atom is 0.332 e. The molecule has 134 valence electrons. The normalized spacial score (nSPS) is 12.7. The number of pyridine rings is 1. The Balaban J connectivity index is 0.00000264. The largest absolute Gasteiger partial charge is 0.332 e. The smallest absolute Gasteiger partial charge is 0.327 e. The topological polar surface area (TPSA) is 112 Å². The van der Waals surface area contributed by atoms with Crippen LogP contribution in [0.3, 0.4) is 0 Å². The maximum absolute atomic E-state index is 12.2. The molecule has 1 amide bonds. The minimum Gasteiger partial charge on any atom is -0.327 e. The van der Waals surface area contributed by atoms with Gasteiger partial charge >= 0.3 is 5.69 Å². The zero-order valence-electron chi connectivity index (χ0n) is 13.8. The van der Waals surface area contributed by atoms with Gasteiger partial charge in [-0.3, -0.25) is 18.7 Å². The van der Waals surface area contributed by atoms with Gasteiger partial charge in [0.2, 0.25) is 5.91 Å². The summed E-state index contributed by atoms with van der Waals surface area (Å²) in [4.78, 5) is 40.1. The van der Waals surface area contributed by atoms with E-state index in [0.29, 0.717) is 5.69 Å². The molecule has 0 radical (unpaired) electrons. The van der Waals surface area contributed by atoms with Crippen LogP contribution in [0.5, 0.6) is 0 Å². The number of nitrogens with one attached hydrogen (secondary N) is 1. The summed E-state index contributed by atoms with van der Waals surface area (Å²) >= 11 is 0. The molecular formula is C14H21Cl2N5O3. The van der Waals surface area contributed by atoms with Crippen molar-refractivity contribution in [3.63, 3.8) is 0 Å². The first-order chi connectivity index (χ1) is 10.2. The molecule has 0 aliphatic rings. The number of carbonyl (C=O) groups excluding carboxylic acids is 1. The van der Waals surface area contributed by atoms with E-state index in [1.807, 2.05) is 0 Å². The summed E-state index contributed by atoms with van der Waals surface area (Å²) in [6.07, 6.45) is 1.41. The van der Waals surface area contributed by atoms with Gasteiger partial charge in [-0.05, 0) is 13.0 Å². The van der Waals surface area contributed by atoms with Crippen molar-refractivity contribution >= 4 is 47.4 Å². The van der Waals surface area contributed by atoms with Crippen LogP contribution in [0.1, 0.15) is 13.8 Å². The fourth-order valence-corrected chi connectivity index (χ4v) is 2.03. The maximum atomic E-state index is 12.2. The molecule has 0 bridgehead atoms. The molecular weight excluding hydrogens is 357 g/mol. The van der Waals surface area contributed by atoms with Crippen molar-refractivity contribution in [2.24, 2.45) is 25.7 Å². The van der Waals surface area contributed by atoms with Gasteiger partial charge in [0.1, 0.15) is 5.65 Å². The molecule has 2 rings (SSSR count). The predicted octanol–water partition coefficient (Wildman–Crippen LogP) is 0.398. The molecule has 0 saturated heterocycles. The second kappa shape index (κ2) is 8.27. The first-order valence-corrected chi connectivity index (χ1v) is 6.86. The third-order valence-corrected chi connectivity index (χ3v) is 3.76. The van der Waals surface area contributed by atoms with E-state index in [1.165, 1.54) is 30.9 Å². The van der Waals surface area contributed by atoms with E-state index in [-0.39, 0.29) is 53.7 Å². The van der Waals surface area contributed by atoms with Gasteiger partial charge in [0.15, 0.2) is 0 Å². The first-order valence-electron chi connectivity index (χ1n) is 6.86. The third-order valence-electron chi connectivity index (χ3n) is 3.76. The van der Waals surface area contributed by atoms with Crippen LogP contribution in [0.25, 0.3) is 11.0 Å². The van der Waals surface area contributed by atoms with E-state index in [2.05, 4.69) is 10.3 Å². The first kappa shape index (κ1) is 22.1. The van der Waals surface area contributed by atoms with Gasteiger partial charge in [-0.1, -0.05) is 6.92 Å². The molecule has 0 aliphatic carbocycles. The van der Waals surface area contributed by atoms with Crippen molar-refractivity contribution in [2.45, 2.75) is 19.9 Å². The molecule has 0 aliphatic heterocycles. The number of rotatable bonds is 3. The van der Waals surface area contributed by atoms with E-state index in [0.717, 1.165) is 4.57 Å². The number of halogens is 2. The highest BCUT2D eigenvalue weighted by atomic mass is 35.5. The van der Waals surface area contributed by atoms with Gasteiger partial charge in [-0.25, -0.2) is 9.78 Å². The number of amides is 1. The van der Waals surface area contributed by atoms with Crippen molar-refractivity contribution in [1.29, 1.82) is 0 Å². The number of aromatic nitrogens is 3. The Hall–Kier alpha value is -1.90. The number of nitrogens with two attached hydrogens (primary N) is 1. The molecule has 0 aromatic carbocycles. The van der Waals surface area contributed by atoms with Crippen LogP contribution < -0.4 is 22.3 Å². The van der Waals surface area contributed by atoms with Gasteiger partial charge in [0.25, 0.3) is 5.56 Å². The Labute approximate surface area is 150 Å². The summed E-state index contributed by atoms with van der Waals surface area (Å²) < 4.78 is 2.28. The van der Waals surface area contributed by atoms with Crippen molar-refractivity contribution in [3.8, 4) is 0 Å². The van der Waals surface area contributed by atoms with E-state index < -0.39 is 11.2 Å². The molecule has 2 aromatic heterocycles. The van der Waals surface area contributed by atoms with Crippen molar-refractivity contribution in [1.82, 2.24) is 14.1 Å².